The molecule has 2 unspecified atom stereocenters. The summed E-state index contributed by atoms with van der Waals surface area (Å²) in [5, 5.41) is 17.8. The first-order valence-corrected chi connectivity index (χ1v) is 10.2. The molecule has 0 spiro atoms. The molecule has 3 rings (SSSR count). The zero-order valence-corrected chi connectivity index (χ0v) is 17.8. The molecular weight excluding hydrogens is 434 g/mol. The number of thioether (sulfide) groups is 1. The molecule has 2 atom stereocenters. The van der Waals surface area contributed by atoms with E-state index in [1.54, 1.807) is 30.8 Å². The zero-order chi connectivity index (χ0) is 20.9. The summed E-state index contributed by atoms with van der Waals surface area (Å²) >= 11 is 14.1. The molecule has 1 aliphatic rings. The number of hydrogen-bond acceptors (Lipinski definition) is 4. The van der Waals surface area contributed by atoms with Gasteiger partial charge in [0.25, 0.3) is 0 Å². The Morgan fingerprint density at radius 3 is 2.68 bits per heavy atom. The van der Waals surface area contributed by atoms with E-state index >= 15 is 0 Å². The van der Waals surface area contributed by atoms with E-state index in [2.05, 4.69) is 10.4 Å². The van der Waals surface area contributed by atoms with Crippen molar-refractivity contribution < 1.29 is 18.3 Å². The van der Waals surface area contributed by atoms with Crippen molar-refractivity contribution in [3.05, 3.63) is 45.1 Å². The molecule has 28 heavy (non-hydrogen) atoms. The Morgan fingerprint density at radius 1 is 1.39 bits per heavy atom. The number of benzene rings is 1. The van der Waals surface area contributed by atoms with E-state index in [0.717, 1.165) is 11.1 Å². The van der Waals surface area contributed by atoms with E-state index in [4.69, 9.17) is 23.2 Å². The number of anilines is 1. The van der Waals surface area contributed by atoms with Crippen molar-refractivity contribution >= 4 is 40.8 Å². The van der Waals surface area contributed by atoms with Crippen LogP contribution in [-0.4, -0.2) is 38.5 Å². The van der Waals surface area contributed by atoms with Gasteiger partial charge in [0, 0.05) is 26.9 Å². The molecule has 2 N–H and O–H groups in total. The minimum Gasteiger partial charge on any atom is -0.382 e. The maximum atomic E-state index is 12.9. The fourth-order valence-corrected chi connectivity index (χ4v) is 5.25. The fourth-order valence-electron chi connectivity index (χ4n) is 3.14. The second-order valence-electron chi connectivity index (χ2n) is 7.36. The largest absolute Gasteiger partial charge is 0.416 e. The van der Waals surface area contributed by atoms with Crippen LogP contribution in [0.4, 0.5) is 19.0 Å². The lowest BCUT2D eigenvalue weighted by Crippen LogP contribution is -2.34. The third-order valence-electron chi connectivity index (χ3n) is 4.52. The highest BCUT2D eigenvalue weighted by atomic mass is 35.5. The fraction of sp³-hybridized carbons (Fsp3) is 0.500. The Labute approximate surface area is 175 Å². The molecule has 1 aliphatic heterocycles. The predicted octanol–water partition coefficient (Wildman–Crippen LogP) is 5.45. The molecule has 2 aromatic rings. The molecule has 0 radical (unpaired) electrons. The quantitative estimate of drug-likeness (QED) is 0.648. The summed E-state index contributed by atoms with van der Waals surface area (Å²) in [6.07, 6.45) is -7.22. The topological polar surface area (TPSA) is 50.1 Å². The summed E-state index contributed by atoms with van der Waals surface area (Å²) in [7, 11) is 0. The summed E-state index contributed by atoms with van der Waals surface area (Å²) in [6.45, 7) is 5.67. The van der Waals surface area contributed by atoms with Crippen LogP contribution in [0, 0.1) is 6.92 Å². The highest BCUT2D eigenvalue weighted by Gasteiger charge is 2.41. The number of aryl methyl sites for hydroxylation is 1. The Balaban J connectivity index is 2.11. The van der Waals surface area contributed by atoms with E-state index in [-0.39, 0.29) is 10.00 Å². The first-order chi connectivity index (χ1) is 12.9. The number of halogens is 5. The van der Waals surface area contributed by atoms with Crippen LogP contribution in [0.1, 0.15) is 35.9 Å². The molecule has 2 heterocycles. The minimum absolute atomic E-state index is 0.230. The first kappa shape index (κ1) is 21.6. The van der Waals surface area contributed by atoms with Gasteiger partial charge in [0.05, 0.1) is 17.5 Å². The van der Waals surface area contributed by atoms with Crippen molar-refractivity contribution in [2.24, 2.45) is 0 Å². The van der Waals surface area contributed by atoms with E-state index in [9.17, 15) is 18.3 Å². The smallest absolute Gasteiger partial charge is 0.382 e. The van der Waals surface area contributed by atoms with Crippen molar-refractivity contribution in [1.29, 1.82) is 0 Å². The van der Waals surface area contributed by atoms with Gasteiger partial charge in [-0.2, -0.15) is 18.3 Å². The highest BCUT2D eigenvalue weighted by molar-refractivity contribution is 8.01. The van der Waals surface area contributed by atoms with Crippen molar-refractivity contribution in [2.45, 2.75) is 49.6 Å². The number of fused-ring (bicyclic) bond motifs is 1. The SMILES string of the molecule is Cc1nn(CC(O)C(F)(F)F)c2c1C(c1ccc(Cl)cc1Cl)SC(C)(C)CN2. The zero-order valence-electron chi connectivity index (χ0n) is 15.4. The number of rotatable bonds is 3. The molecule has 0 saturated heterocycles. The molecule has 10 heteroatoms. The Morgan fingerprint density at radius 2 is 2.07 bits per heavy atom. The van der Waals surface area contributed by atoms with Gasteiger partial charge in [-0.25, -0.2) is 4.68 Å². The number of nitrogens with zero attached hydrogens (tertiary/aromatic N) is 2. The van der Waals surface area contributed by atoms with Crippen molar-refractivity contribution in [1.82, 2.24) is 9.78 Å². The monoisotopic (exact) mass is 453 g/mol. The van der Waals surface area contributed by atoms with E-state index in [1.165, 1.54) is 4.68 Å². The maximum Gasteiger partial charge on any atom is 0.416 e. The number of aliphatic hydroxyl groups is 1. The van der Waals surface area contributed by atoms with Crippen LogP contribution in [0.25, 0.3) is 0 Å². The van der Waals surface area contributed by atoms with Crippen molar-refractivity contribution in [3.63, 3.8) is 0 Å². The molecule has 4 nitrogen and oxygen atoms in total. The third-order valence-corrected chi connectivity index (χ3v) is 6.59. The Hall–Kier alpha value is -1.09. The molecule has 0 saturated carbocycles. The Kier molecular flexibility index (Phi) is 5.89. The lowest BCUT2D eigenvalue weighted by molar-refractivity contribution is -0.207. The summed E-state index contributed by atoms with van der Waals surface area (Å²) in [6, 6.07) is 5.22. The summed E-state index contributed by atoms with van der Waals surface area (Å²) in [5.74, 6) is 0.467. The highest BCUT2D eigenvalue weighted by Crippen LogP contribution is 2.50. The average Bonchev–Trinajstić information content (AvgIpc) is 2.77. The lowest BCUT2D eigenvalue weighted by atomic mass is 10.0. The first-order valence-electron chi connectivity index (χ1n) is 8.58. The number of nitrogens with one attached hydrogen (secondary N) is 1. The minimum atomic E-state index is -4.72. The third kappa shape index (κ3) is 4.40. The van der Waals surface area contributed by atoms with Gasteiger partial charge in [-0.3, -0.25) is 0 Å². The number of hydrogen-bond donors (Lipinski definition) is 2. The van der Waals surface area contributed by atoms with E-state index in [1.807, 2.05) is 19.9 Å². The summed E-state index contributed by atoms with van der Waals surface area (Å²) in [5.41, 5.74) is 2.15. The van der Waals surface area contributed by atoms with Gasteiger partial charge in [0.2, 0.25) is 0 Å². The van der Waals surface area contributed by atoms with Crippen LogP contribution in [0.15, 0.2) is 18.2 Å². The van der Waals surface area contributed by atoms with Crippen molar-refractivity contribution in [2.75, 3.05) is 11.9 Å². The van der Waals surface area contributed by atoms with Gasteiger partial charge in [-0.05, 0) is 38.5 Å². The summed E-state index contributed by atoms with van der Waals surface area (Å²) in [4.78, 5) is 0. The second kappa shape index (κ2) is 7.63. The molecule has 0 aliphatic carbocycles. The van der Waals surface area contributed by atoms with Gasteiger partial charge in [0.1, 0.15) is 5.82 Å². The average molecular weight is 454 g/mol. The van der Waals surface area contributed by atoms with E-state index in [0.29, 0.717) is 28.1 Å². The van der Waals surface area contributed by atoms with Crippen LogP contribution in [0.5, 0.6) is 0 Å². The van der Waals surface area contributed by atoms with Gasteiger partial charge in [-0.1, -0.05) is 29.3 Å². The molecule has 0 fully saturated rings. The Bertz CT molecular complexity index is 886. The van der Waals surface area contributed by atoms with Crippen LogP contribution in [0.3, 0.4) is 0 Å². The second-order valence-corrected chi connectivity index (χ2v) is 10.0. The van der Waals surface area contributed by atoms with Gasteiger partial charge < -0.3 is 10.4 Å². The van der Waals surface area contributed by atoms with Crippen LogP contribution >= 0.6 is 35.0 Å². The predicted molar refractivity (Wildman–Crippen MR) is 107 cm³/mol. The molecule has 0 bridgehead atoms. The molecule has 1 aromatic heterocycles. The van der Waals surface area contributed by atoms with Crippen LogP contribution in [-0.2, 0) is 6.54 Å². The summed E-state index contributed by atoms with van der Waals surface area (Å²) < 4.78 is 39.6. The van der Waals surface area contributed by atoms with E-state index < -0.39 is 18.8 Å². The molecule has 1 aromatic carbocycles. The maximum absolute atomic E-state index is 12.9. The van der Waals surface area contributed by atoms with Crippen molar-refractivity contribution in [3.8, 4) is 0 Å². The lowest BCUT2D eigenvalue weighted by Gasteiger charge is -2.27. The number of aromatic nitrogens is 2. The normalized spacial score (nSPS) is 20.2. The molecule has 0 amide bonds. The van der Waals surface area contributed by atoms with Gasteiger partial charge >= 0.3 is 6.18 Å². The van der Waals surface area contributed by atoms with Gasteiger partial charge in [0.15, 0.2) is 6.10 Å². The number of alkyl halides is 3. The molecule has 154 valence electrons. The van der Waals surface area contributed by atoms with Crippen LogP contribution in [0.2, 0.25) is 10.0 Å². The number of aliphatic hydroxyl groups excluding tert-OH is 1. The molecular formula is C18H20Cl2F3N3OS. The van der Waals surface area contributed by atoms with Crippen LogP contribution < -0.4 is 5.32 Å². The van der Waals surface area contributed by atoms with Gasteiger partial charge in [-0.15, -0.1) is 11.8 Å². The standard InChI is InChI=1S/C18H20Cl2F3N3OS/c1-9-14-15(11-5-4-10(19)6-12(11)20)28-17(2,3)8-24-16(14)26(25-9)7-13(27)18(21,22)23/h4-6,13,15,24,27H,7-8H2,1-3H3.